The van der Waals surface area contributed by atoms with Crippen LogP contribution in [0.3, 0.4) is 0 Å². The molecule has 0 atom stereocenters. The van der Waals surface area contributed by atoms with Gasteiger partial charge in [0.25, 0.3) is 0 Å². The van der Waals surface area contributed by atoms with Gasteiger partial charge >= 0.3 is 0 Å². The lowest BCUT2D eigenvalue weighted by Crippen LogP contribution is -1.95. The number of halogens is 1. The van der Waals surface area contributed by atoms with E-state index in [2.05, 4.69) is 20.5 Å². The van der Waals surface area contributed by atoms with Crippen molar-refractivity contribution >= 4 is 34.8 Å². The zero-order valence-corrected chi connectivity index (χ0v) is 13.1. The highest BCUT2D eigenvalue weighted by Crippen LogP contribution is 2.34. The van der Waals surface area contributed by atoms with Crippen LogP contribution in [-0.2, 0) is 0 Å². The number of hydrazone groups is 1. The third-order valence-electron chi connectivity index (χ3n) is 3.12. The lowest BCUT2D eigenvalue weighted by atomic mass is 10.2. The highest BCUT2D eigenvalue weighted by Gasteiger charge is 2.08. The number of nitrogens with one attached hydrogen (secondary N) is 2. The summed E-state index contributed by atoms with van der Waals surface area (Å²) in [5.41, 5.74) is 5.30. The van der Waals surface area contributed by atoms with Crippen LogP contribution >= 0.6 is 11.6 Å². The average Bonchev–Trinajstić information content (AvgIpc) is 2.95. The molecular weight excluding hydrogens is 316 g/mol. The van der Waals surface area contributed by atoms with E-state index in [0.29, 0.717) is 23.9 Å². The van der Waals surface area contributed by atoms with Gasteiger partial charge in [-0.3, -0.25) is 0 Å². The van der Waals surface area contributed by atoms with Crippen LogP contribution < -0.4 is 10.2 Å². The van der Waals surface area contributed by atoms with Crippen LogP contribution in [0.2, 0.25) is 5.02 Å². The monoisotopic (exact) mass is 330 g/mol. The predicted molar refractivity (Wildman–Crippen MR) is 91.6 cm³/mol. The Kier molecular flexibility index (Phi) is 4.34. The van der Waals surface area contributed by atoms with Gasteiger partial charge in [0.1, 0.15) is 0 Å². The smallest absolute Gasteiger partial charge is 0.222 e. The van der Waals surface area contributed by atoms with Crippen LogP contribution in [-0.4, -0.2) is 27.9 Å². The molecule has 0 saturated heterocycles. The van der Waals surface area contributed by atoms with Gasteiger partial charge in [-0.15, -0.1) is 0 Å². The van der Waals surface area contributed by atoms with Crippen LogP contribution in [0.5, 0.6) is 11.5 Å². The van der Waals surface area contributed by atoms with Gasteiger partial charge in [0, 0.05) is 0 Å². The van der Waals surface area contributed by atoms with Gasteiger partial charge in [0.2, 0.25) is 5.95 Å². The maximum Gasteiger partial charge on any atom is 0.222 e. The first-order valence-corrected chi connectivity index (χ1v) is 7.44. The topological polar surface area (TPSA) is 82.5 Å². The number of aromatic nitrogens is 2. The number of ether oxygens (including phenoxy) is 1. The molecule has 0 radical (unpaired) electrons. The molecule has 118 valence electrons. The second-order valence-electron chi connectivity index (χ2n) is 4.76. The molecule has 2 aromatic carbocycles. The van der Waals surface area contributed by atoms with Gasteiger partial charge < -0.3 is 14.8 Å². The number of rotatable bonds is 5. The van der Waals surface area contributed by atoms with E-state index in [0.717, 1.165) is 11.0 Å². The molecule has 1 aromatic heterocycles. The summed E-state index contributed by atoms with van der Waals surface area (Å²) < 4.78 is 5.33. The summed E-state index contributed by atoms with van der Waals surface area (Å²) in [5.74, 6) is 0.790. The van der Waals surface area contributed by atoms with Crippen molar-refractivity contribution in [1.82, 2.24) is 9.97 Å². The number of anilines is 1. The average molecular weight is 331 g/mol. The van der Waals surface area contributed by atoms with Gasteiger partial charge in [-0.2, -0.15) is 5.10 Å². The van der Waals surface area contributed by atoms with Crippen molar-refractivity contribution in [1.29, 1.82) is 0 Å². The molecule has 0 bridgehead atoms. The second kappa shape index (κ2) is 6.58. The number of aromatic hydroxyl groups is 1. The molecule has 3 N–H and O–H groups in total. The number of phenolic OH excluding ortho intramolecular Hbond substituents is 1. The number of benzene rings is 2. The quantitative estimate of drug-likeness (QED) is 0.491. The lowest BCUT2D eigenvalue weighted by molar-refractivity contribution is 0.318. The van der Waals surface area contributed by atoms with E-state index in [4.69, 9.17) is 16.3 Å². The molecule has 6 nitrogen and oxygen atoms in total. The summed E-state index contributed by atoms with van der Waals surface area (Å²) in [6.45, 7) is 2.26. The normalized spacial score (nSPS) is 11.2. The highest BCUT2D eigenvalue weighted by molar-refractivity contribution is 6.32. The minimum Gasteiger partial charge on any atom is -0.503 e. The number of fused-ring (bicyclic) bond motifs is 1. The van der Waals surface area contributed by atoms with Crippen LogP contribution in [0.1, 0.15) is 12.5 Å². The van der Waals surface area contributed by atoms with E-state index in [9.17, 15) is 5.11 Å². The van der Waals surface area contributed by atoms with Crippen molar-refractivity contribution in [3.63, 3.8) is 0 Å². The summed E-state index contributed by atoms with van der Waals surface area (Å²) in [4.78, 5) is 7.46. The Balaban J connectivity index is 1.77. The number of nitrogens with zero attached hydrogens (tertiary/aromatic N) is 2. The van der Waals surface area contributed by atoms with Gasteiger partial charge in [0.15, 0.2) is 11.5 Å². The first-order valence-electron chi connectivity index (χ1n) is 7.06. The van der Waals surface area contributed by atoms with E-state index >= 15 is 0 Å². The Hall–Kier alpha value is -2.73. The van der Waals surface area contributed by atoms with Crippen molar-refractivity contribution < 1.29 is 9.84 Å². The number of hydrogen-bond acceptors (Lipinski definition) is 5. The molecule has 0 amide bonds. The number of aromatic amines is 1. The maximum atomic E-state index is 9.81. The Labute approximate surface area is 137 Å². The molecule has 0 spiro atoms. The van der Waals surface area contributed by atoms with Crippen molar-refractivity contribution in [2.24, 2.45) is 5.10 Å². The number of imidazole rings is 1. The van der Waals surface area contributed by atoms with Crippen molar-refractivity contribution in [2.75, 3.05) is 12.0 Å². The molecule has 0 aliphatic rings. The summed E-state index contributed by atoms with van der Waals surface area (Å²) in [6.07, 6.45) is 1.57. The fraction of sp³-hybridized carbons (Fsp3) is 0.125. The zero-order chi connectivity index (χ0) is 16.2. The standard InChI is InChI=1S/C16H15ClN4O2/c1-2-23-14-8-10(7-11(17)15(14)22)9-18-21-16-19-12-5-3-4-6-13(12)20-16/h3-9,22H,2H2,1H3,(H2,19,20,21)/b18-9-. The first kappa shape index (κ1) is 15.2. The molecule has 7 heteroatoms. The van der Waals surface area contributed by atoms with Gasteiger partial charge in [0.05, 0.1) is 28.9 Å². The van der Waals surface area contributed by atoms with Gasteiger partial charge in [-0.25, -0.2) is 10.4 Å². The van der Waals surface area contributed by atoms with E-state index in [-0.39, 0.29) is 10.8 Å². The van der Waals surface area contributed by atoms with Crippen LogP contribution in [0.15, 0.2) is 41.5 Å². The van der Waals surface area contributed by atoms with Gasteiger partial charge in [-0.05, 0) is 36.8 Å². The minimum absolute atomic E-state index is 0.0732. The van der Waals surface area contributed by atoms with E-state index in [1.54, 1.807) is 18.3 Å². The van der Waals surface area contributed by atoms with Crippen LogP contribution in [0, 0.1) is 0 Å². The second-order valence-corrected chi connectivity index (χ2v) is 5.16. The van der Waals surface area contributed by atoms with Crippen molar-refractivity contribution in [3.05, 3.63) is 47.0 Å². The van der Waals surface area contributed by atoms with Crippen molar-refractivity contribution in [3.8, 4) is 11.5 Å². The predicted octanol–water partition coefficient (Wildman–Crippen LogP) is 3.77. The molecule has 23 heavy (non-hydrogen) atoms. The van der Waals surface area contributed by atoms with E-state index in [1.165, 1.54) is 0 Å². The van der Waals surface area contributed by atoms with Crippen molar-refractivity contribution in [2.45, 2.75) is 6.92 Å². The third-order valence-corrected chi connectivity index (χ3v) is 3.41. The maximum absolute atomic E-state index is 9.81. The summed E-state index contributed by atoms with van der Waals surface area (Å²) in [7, 11) is 0. The van der Waals surface area contributed by atoms with E-state index < -0.39 is 0 Å². The fourth-order valence-corrected chi connectivity index (χ4v) is 2.33. The Morgan fingerprint density at radius 2 is 2.22 bits per heavy atom. The third kappa shape index (κ3) is 3.37. The number of phenols is 1. The molecule has 0 aliphatic heterocycles. The fourth-order valence-electron chi connectivity index (χ4n) is 2.11. The molecule has 0 fully saturated rings. The van der Waals surface area contributed by atoms with E-state index in [1.807, 2.05) is 31.2 Å². The molecule has 0 unspecified atom stereocenters. The Morgan fingerprint density at radius 3 is 3.00 bits per heavy atom. The zero-order valence-electron chi connectivity index (χ0n) is 12.4. The summed E-state index contributed by atoms with van der Waals surface area (Å²) >= 11 is 5.97. The summed E-state index contributed by atoms with van der Waals surface area (Å²) in [5, 5.41) is 14.1. The minimum atomic E-state index is -0.0732. The molecule has 1 heterocycles. The first-order chi connectivity index (χ1) is 11.2. The number of H-pyrrole nitrogens is 1. The summed E-state index contributed by atoms with van der Waals surface area (Å²) in [6, 6.07) is 11.0. The van der Waals surface area contributed by atoms with Gasteiger partial charge in [-0.1, -0.05) is 23.7 Å². The van der Waals surface area contributed by atoms with Crippen LogP contribution in [0.4, 0.5) is 5.95 Å². The SMILES string of the molecule is CCOc1cc(/C=N\Nc2nc3ccccc3[nH]2)cc(Cl)c1O. The molecule has 0 saturated carbocycles. The molecule has 3 aromatic rings. The highest BCUT2D eigenvalue weighted by atomic mass is 35.5. The lowest BCUT2D eigenvalue weighted by Gasteiger charge is -2.08. The molecule has 3 rings (SSSR count). The largest absolute Gasteiger partial charge is 0.503 e. The Morgan fingerprint density at radius 1 is 1.39 bits per heavy atom. The Bertz CT molecular complexity index is 827. The van der Waals surface area contributed by atoms with Crippen LogP contribution in [0.25, 0.3) is 11.0 Å². The number of para-hydroxylation sites is 2. The molecule has 0 aliphatic carbocycles. The number of hydrogen-bond donors (Lipinski definition) is 3. The molecular formula is C16H15ClN4O2.